The molecule has 1 aromatic heterocycles. The number of esters is 1. The van der Waals surface area contributed by atoms with Gasteiger partial charge < -0.3 is 10.1 Å². The predicted octanol–water partition coefficient (Wildman–Crippen LogP) is 3.29. The van der Waals surface area contributed by atoms with Gasteiger partial charge in [-0.2, -0.15) is 0 Å². The molecule has 1 amide bonds. The zero-order valence-corrected chi connectivity index (χ0v) is 13.3. The lowest BCUT2D eigenvalue weighted by molar-refractivity contribution is -0.119. The van der Waals surface area contributed by atoms with Crippen LogP contribution in [0.1, 0.15) is 21.6 Å². The number of amides is 1. The topological polar surface area (TPSA) is 68.3 Å². The Kier molecular flexibility index (Phi) is 5.28. The van der Waals surface area contributed by atoms with Gasteiger partial charge in [-0.25, -0.2) is 14.2 Å². The molecule has 7 heteroatoms. The second-order valence-corrected chi connectivity index (χ2v) is 5.24. The molecule has 0 spiro atoms. The molecule has 23 heavy (non-hydrogen) atoms. The summed E-state index contributed by atoms with van der Waals surface area (Å²) >= 11 is 5.94. The van der Waals surface area contributed by atoms with Gasteiger partial charge in [-0.1, -0.05) is 11.6 Å². The molecular formula is C16H14ClFN2O3. The molecule has 1 aromatic carbocycles. The molecule has 2 aromatic rings. The fourth-order valence-electron chi connectivity index (χ4n) is 1.97. The zero-order chi connectivity index (χ0) is 17.0. The number of rotatable bonds is 4. The Morgan fingerprint density at radius 1 is 1.26 bits per heavy atom. The summed E-state index contributed by atoms with van der Waals surface area (Å²) in [6.45, 7) is 2.97. The Balaban J connectivity index is 1.96. The summed E-state index contributed by atoms with van der Waals surface area (Å²) in [6, 6.07) is 6.92. The van der Waals surface area contributed by atoms with Crippen LogP contribution in [0, 0.1) is 19.7 Å². The van der Waals surface area contributed by atoms with Gasteiger partial charge in [0.05, 0.1) is 5.56 Å². The Morgan fingerprint density at radius 3 is 2.52 bits per heavy atom. The van der Waals surface area contributed by atoms with E-state index in [1.807, 2.05) is 0 Å². The van der Waals surface area contributed by atoms with Gasteiger partial charge in [-0.15, -0.1) is 0 Å². The molecule has 0 bridgehead atoms. The lowest BCUT2D eigenvalue weighted by Crippen LogP contribution is -2.21. The van der Waals surface area contributed by atoms with E-state index in [2.05, 4.69) is 10.3 Å². The average Bonchev–Trinajstić information content (AvgIpc) is 2.46. The van der Waals surface area contributed by atoms with Gasteiger partial charge in [0.2, 0.25) is 0 Å². The quantitative estimate of drug-likeness (QED) is 0.687. The van der Waals surface area contributed by atoms with Gasteiger partial charge in [0, 0.05) is 11.4 Å². The number of hydrogen-bond acceptors (Lipinski definition) is 4. The molecule has 120 valence electrons. The number of benzene rings is 1. The van der Waals surface area contributed by atoms with Crippen molar-refractivity contribution in [3.05, 3.63) is 58.1 Å². The van der Waals surface area contributed by atoms with Crippen molar-refractivity contribution in [3.63, 3.8) is 0 Å². The molecule has 0 fully saturated rings. The number of ether oxygens (including phenoxy) is 1. The lowest BCUT2D eigenvalue weighted by Gasteiger charge is -2.09. The van der Waals surface area contributed by atoms with E-state index in [4.69, 9.17) is 16.3 Å². The van der Waals surface area contributed by atoms with Crippen molar-refractivity contribution in [1.29, 1.82) is 0 Å². The fraction of sp³-hybridized carbons (Fsp3) is 0.188. The van der Waals surface area contributed by atoms with Crippen LogP contribution in [0.4, 0.5) is 10.1 Å². The standard InChI is InChI=1S/C16H14ClFN2O3/c1-9-7-10(2)19-15(17)14(9)16(22)23-8-13(21)20-12-5-3-11(18)4-6-12/h3-7H,8H2,1-2H3,(H,20,21). The van der Waals surface area contributed by atoms with Gasteiger partial charge in [0.25, 0.3) is 5.91 Å². The maximum Gasteiger partial charge on any atom is 0.342 e. The first-order valence-electron chi connectivity index (χ1n) is 6.73. The van der Waals surface area contributed by atoms with Crippen LogP contribution in [0.25, 0.3) is 0 Å². The Hall–Kier alpha value is -2.47. The fourth-order valence-corrected chi connectivity index (χ4v) is 2.33. The van der Waals surface area contributed by atoms with Crippen LogP contribution in [0.2, 0.25) is 5.15 Å². The highest BCUT2D eigenvalue weighted by molar-refractivity contribution is 6.32. The Bertz CT molecular complexity index is 724. The summed E-state index contributed by atoms with van der Waals surface area (Å²) in [6.07, 6.45) is 0. The SMILES string of the molecule is Cc1cc(C)c(C(=O)OCC(=O)Nc2ccc(F)cc2)c(Cl)n1. The van der Waals surface area contributed by atoms with Crippen LogP contribution in [-0.2, 0) is 9.53 Å². The lowest BCUT2D eigenvalue weighted by atomic mass is 10.1. The third kappa shape index (κ3) is 4.50. The van der Waals surface area contributed by atoms with Crippen LogP contribution in [0.15, 0.2) is 30.3 Å². The molecule has 0 aliphatic rings. The van der Waals surface area contributed by atoms with E-state index in [0.29, 0.717) is 16.9 Å². The number of halogens is 2. The maximum atomic E-state index is 12.8. The molecule has 2 rings (SSSR count). The molecule has 1 heterocycles. The number of nitrogens with zero attached hydrogens (tertiary/aromatic N) is 1. The van der Waals surface area contributed by atoms with Crippen LogP contribution in [0.3, 0.4) is 0 Å². The van der Waals surface area contributed by atoms with E-state index < -0.39 is 24.3 Å². The second-order valence-electron chi connectivity index (χ2n) is 4.88. The summed E-state index contributed by atoms with van der Waals surface area (Å²) in [7, 11) is 0. The zero-order valence-electron chi connectivity index (χ0n) is 12.5. The minimum absolute atomic E-state index is 0.0337. The third-order valence-electron chi connectivity index (χ3n) is 2.97. The maximum absolute atomic E-state index is 12.8. The first kappa shape index (κ1) is 16.9. The van der Waals surface area contributed by atoms with Crippen LogP contribution in [-0.4, -0.2) is 23.5 Å². The van der Waals surface area contributed by atoms with Crippen LogP contribution < -0.4 is 5.32 Å². The molecule has 0 saturated carbocycles. The van der Waals surface area contributed by atoms with Crippen molar-refractivity contribution in [2.75, 3.05) is 11.9 Å². The predicted molar refractivity (Wildman–Crippen MR) is 84.0 cm³/mol. The summed E-state index contributed by atoms with van der Waals surface area (Å²) in [4.78, 5) is 27.7. The molecule has 0 saturated heterocycles. The number of pyridine rings is 1. The number of anilines is 1. The minimum Gasteiger partial charge on any atom is -0.452 e. The van der Waals surface area contributed by atoms with Gasteiger partial charge in [-0.05, 0) is 49.7 Å². The third-order valence-corrected chi connectivity index (χ3v) is 3.24. The number of nitrogens with one attached hydrogen (secondary N) is 1. The average molecular weight is 337 g/mol. The molecule has 0 radical (unpaired) electrons. The van der Waals surface area contributed by atoms with Crippen molar-refractivity contribution >= 4 is 29.2 Å². The van der Waals surface area contributed by atoms with Crippen molar-refractivity contribution in [2.45, 2.75) is 13.8 Å². The molecule has 0 aliphatic carbocycles. The van der Waals surface area contributed by atoms with Crippen molar-refractivity contribution in [3.8, 4) is 0 Å². The minimum atomic E-state index is -0.728. The summed E-state index contributed by atoms with van der Waals surface area (Å²) in [5.41, 5.74) is 1.83. The highest BCUT2D eigenvalue weighted by Gasteiger charge is 2.18. The highest BCUT2D eigenvalue weighted by atomic mass is 35.5. The normalized spacial score (nSPS) is 10.3. The van der Waals surface area contributed by atoms with Crippen molar-refractivity contribution in [1.82, 2.24) is 4.98 Å². The first-order chi connectivity index (χ1) is 10.9. The molecular weight excluding hydrogens is 323 g/mol. The molecule has 0 atom stereocenters. The van der Waals surface area contributed by atoms with E-state index in [1.54, 1.807) is 19.9 Å². The molecule has 5 nitrogen and oxygen atoms in total. The van der Waals surface area contributed by atoms with E-state index in [1.165, 1.54) is 24.3 Å². The van der Waals surface area contributed by atoms with E-state index in [0.717, 1.165) is 0 Å². The van der Waals surface area contributed by atoms with E-state index in [-0.39, 0.29) is 10.7 Å². The van der Waals surface area contributed by atoms with Crippen LogP contribution >= 0.6 is 11.6 Å². The Morgan fingerprint density at radius 2 is 1.91 bits per heavy atom. The number of carbonyl (C=O) groups is 2. The summed E-state index contributed by atoms with van der Waals surface area (Å²) < 4.78 is 17.7. The van der Waals surface area contributed by atoms with E-state index >= 15 is 0 Å². The molecule has 1 N–H and O–H groups in total. The van der Waals surface area contributed by atoms with Gasteiger partial charge >= 0.3 is 5.97 Å². The highest BCUT2D eigenvalue weighted by Crippen LogP contribution is 2.19. The summed E-state index contributed by atoms with van der Waals surface area (Å²) in [5, 5.41) is 2.52. The van der Waals surface area contributed by atoms with E-state index in [9.17, 15) is 14.0 Å². The second kappa shape index (κ2) is 7.19. The van der Waals surface area contributed by atoms with Gasteiger partial charge in [0.15, 0.2) is 6.61 Å². The van der Waals surface area contributed by atoms with Gasteiger partial charge in [0.1, 0.15) is 11.0 Å². The number of aromatic nitrogens is 1. The van der Waals surface area contributed by atoms with Crippen molar-refractivity contribution in [2.24, 2.45) is 0 Å². The summed E-state index contributed by atoms with van der Waals surface area (Å²) in [5.74, 6) is -1.68. The molecule has 0 aliphatic heterocycles. The van der Waals surface area contributed by atoms with Crippen LogP contribution in [0.5, 0.6) is 0 Å². The van der Waals surface area contributed by atoms with Gasteiger partial charge in [-0.3, -0.25) is 4.79 Å². The number of hydrogen-bond donors (Lipinski definition) is 1. The number of carbonyl (C=O) groups excluding carboxylic acids is 2. The molecule has 0 unspecified atom stereocenters. The first-order valence-corrected chi connectivity index (χ1v) is 7.11. The largest absolute Gasteiger partial charge is 0.452 e. The monoisotopic (exact) mass is 336 g/mol. The number of aryl methyl sites for hydroxylation is 2. The van der Waals surface area contributed by atoms with Crippen molar-refractivity contribution < 1.29 is 18.7 Å². The smallest absolute Gasteiger partial charge is 0.342 e. The Labute approximate surface area is 137 Å².